The van der Waals surface area contributed by atoms with Crippen LogP contribution in [-0.2, 0) is 0 Å². The molecular formula is C10H18O2. The van der Waals surface area contributed by atoms with Crippen LogP contribution in [-0.4, -0.2) is 22.4 Å². The van der Waals surface area contributed by atoms with Crippen molar-refractivity contribution < 1.29 is 10.2 Å². The van der Waals surface area contributed by atoms with Crippen molar-refractivity contribution in [2.24, 2.45) is 11.8 Å². The van der Waals surface area contributed by atoms with Gasteiger partial charge in [0, 0.05) is 0 Å². The van der Waals surface area contributed by atoms with Crippen molar-refractivity contribution >= 4 is 0 Å². The Hall–Kier alpha value is -0.0800. The zero-order valence-electron chi connectivity index (χ0n) is 7.45. The van der Waals surface area contributed by atoms with Crippen LogP contribution in [0.25, 0.3) is 0 Å². The predicted octanol–water partition coefficient (Wildman–Crippen LogP) is 1.31. The lowest BCUT2D eigenvalue weighted by Crippen LogP contribution is -2.42. The van der Waals surface area contributed by atoms with Crippen molar-refractivity contribution in [3.63, 3.8) is 0 Å². The monoisotopic (exact) mass is 170 g/mol. The van der Waals surface area contributed by atoms with E-state index in [0.717, 1.165) is 25.7 Å². The van der Waals surface area contributed by atoms with Crippen molar-refractivity contribution in [2.75, 3.05) is 0 Å². The molecule has 2 N–H and O–H groups in total. The van der Waals surface area contributed by atoms with Gasteiger partial charge in [0.15, 0.2) is 0 Å². The third-order valence-electron chi connectivity index (χ3n) is 3.62. The first kappa shape index (κ1) is 8.52. The van der Waals surface area contributed by atoms with E-state index in [1.54, 1.807) is 0 Å². The summed E-state index contributed by atoms with van der Waals surface area (Å²) in [5, 5.41) is 19.4. The van der Waals surface area contributed by atoms with Crippen molar-refractivity contribution in [3.8, 4) is 0 Å². The summed E-state index contributed by atoms with van der Waals surface area (Å²) in [4.78, 5) is 0. The molecule has 0 aromatic heterocycles. The van der Waals surface area contributed by atoms with Gasteiger partial charge in [-0.05, 0) is 37.5 Å². The Morgan fingerprint density at radius 3 is 1.50 bits per heavy atom. The van der Waals surface area contributed by atoms with Crippen molar-refractivity contribution in [1.29, 1.82) is 0 Å². The molecule has 0 spiro atoms. The van der Waals surface area contributed by atoms with Gasteiger partial charge in [0.1, 0.15) is 0 Å². The van der Waals surface area contributed by atoms with Gasteiger partial charge in [-0.1, -0.05) is 12.8 Å². The Kier molecular flexibility index (Phi) is 2.37. The summed E-state index contributed by atoms with van der Waals surface area (Å²) in [5.74, 6) is 0.810. The lowest BCUT2D eigenvalue weighted by molar-refractivity contribution is -0.0608. The molecule has 0 aliphatic heterocycles. The summed E-state index contributed by atoms with van der Waals surface area (Å²) in [7, 11) is 0. The summed E-state index contributed by atoms with van der Waals surface area (Å²) < 4.78 is 0. The average Bonchev–Trinajstić information content (AvgIpc) is 2.12. The summed E-state index contributed by atoms with van der Waals surface area (Å²) in [6.07, 6.45) is 6.10. The van der Waals surface area contributed by atoms with Crippen LogP contribution in [0.3, 0.4) is 0 Å². The van der Waals surface area contributed by atoms with Crippen molar-refractivity contribution in [2.45, 2.75) is 50.7 Å². The van der Waals surface area contributed by atoms with E-state index in [1.165, 1.54) is 12.8 Å². The van der Waals surface area contributed by atoms with Gasteiger partial charge < -0.3 is 10.2 Å². The molecule has 0 amide bonds. The zero-order valence-corrected chi connectivity index (χ0v) is 7.45. The number of aliphatic hydroxyl groups excluding tert-OH is 2. The van der Waals surface area contributed by atoms with Crippen LogP contribution in [0.1, 0.15) is 38.5 Å². The molecule has 0 unspecified atom stereocenters. The van der Waals surface area contributed by atoms with Crippen LogP contribution < -0.4 is 0 Å². The molecule has 2 aliphatic rings. The van der Waals surface area contributed by atoms with Crippen LogP contribution in [0.4, 0.5) is 0 Å². The lowest BCUT2D eigenvalue weighted by atomic mass is 9.68. The maximum Gasteiger partial charge on any atom is 0.0573 e. The predicted molar refractivity (Wildman–Crippen MR) is 46.7 cm³/mol. The largest absolute Gasteiger partial charge is 0.393 e. The zero-order chi connectivity index (χ0) is 8.55. The first-order valence-corrected chi connectivity index (χ1v) is 5.15. The van der Waals surface area contributed by atoms with E-state index in [9.17, 15) is 10.2 Å². The molecular weight excluding hydrogens is 152 g/mol. The van der Waals surface area contributed by atoms with E-state index in [0.29, 0.717) is 11.8 Å². The molecule has 0 radical (unpaired) electrons. The molecule has 2 aliphatic carbocycles. The molecule has 4 atom stereocenters. The molecule has 0 saturated heterocycles. The second-order valence-electron chi connectivity index (χ2n) is 4.32. The lowest BCUT2D eigenvalue weighted by Gasteiger charge is -2.41. The molecule has 0 aromatic rings. The van der Waals surface area contributed by atoms with E-state index < -0.39 is 0 Å². The standard InChI is InChI=1S/C10H18O2/c11-9-5-6-10(12)8-4-2-1-3-7(8)9/h7-12H,1-6H2/t7-,8-,9+,10+/m0/s1. The molecule has 0 heterocycles. The van der Waals surface area contributed by atoms with Crippen LogP contribution in [0.5, 0.6) is 0 Å². The highest BCUT2D eigenvalue weighted by Crippen LogP contribution is 2.40. The number of hydrogen-bond donors (Lipinski definition) is 2. The van der Waals surface area contributed by atoms with Gasteiger partial charge in [-0.2, -0.15) is 0 Å². The molecule has 2 saturated carbocycles. The topological polar surface area (TPSA) is 40.5 Å². The summed E-state index contributed by atoms with van der Waals surface area (Å²) in [6.45, 7) is 0. The van der Waals surface area contributed by atoms with E-state index in [4.69, 9.17) is 0 Å². The Bertz CT molecular complexity index is 140. The maximum absolute atomic E-state index is 9.71. The molecule has 2 heteroatoms. The average molecular weight is 170 g/mol. The van der Waals surface area contributed by atoms with Gasteiger partial charge in [-0.25, -0.2) is 0 Å². The van der Waals surface area contributed by atoms with E-state index in [-0.39, 0.29) is 12.2 Å². The smallest absolute Gasteiger partial charge is 0.0573 e. The quantitative estimate of drug-likeness (QED) is 0.575. The van der Waals surface area contributed by atoms with E-state index >= 15 is 0 Å². The van der Waals surface area contributed by atoms with Crippen LogP contribution in [0, 0.1) is 11.8 Å². The Morgan fingerprint density at radius 2 is 1.08 bits per heavy atom. The van der Waals surface area contributed by atoms with Crippen LogP contribution >= 0.6 is 0 Å². The maximum atomic E-state index is 9.71. The first-order chi connectivity index (χ1) is 5.79. The van der Waals surface area contributed by atoms with E-state index in [1.807, 2.05) is 0 Å². The van der Waals surface area contributed by atoms with E-state index in [2.05, 4.69) is 0 Å². The highest BCUT2D eigenvalue weighted by atomic mass is 16.3. The molecule has 2 fully saturated rings. The summed E-state index contributed by atoms with van der Waals surface area (Å²) in [6, 6.07) is 0. The number of fused-ring (bicyclic) bond motifs is 1. The number of rotatable bonds is 0. The Balaban J connectivity index is 2.05. The third-order valence-corrected chi connectivity index (χ3v) is 3.62. The molecule has 2 nitrogen and oxygen atoms in total. The second kappa shape index (κ2) is 3.35. The van der Waals surface area contributed by atoms with Gasteiger partial charge in [0.2, 0.25) is 0 Å². The molecule has 0 bridgehead atoms. The molecule has 70 valence electrons. The van der Waals surface area contributed by atoms with Gasteiger partial charge >= 0.3 is 0 Å². The second-order valence-corrected chi connectivity index (χ2v) is 4.32. The Labute approximate surface area is 73.6 Å². The van der Waals surface area contributed by atoms with Gasteiger partial charge in [0.05, 0.1) is 12.2 Å². The fourth-order valence-corrected chi connectivity index (χ4v) is 2.91. The SMILES string of the molecule is O[C@@H]1CC[C@@H](O)[C@H]2CCCC[C@@H]21. The minimum atomic E-state index is -0.126. The third kappa shape index (κ3) is 1.38. The van der Waals surface area contributed by atoms with Crippen molar-refractivity contribution in [3.05, 3.63) is 0 Å². The fourth-order valence-electron chi connectivity index (χ4n) is 2.91. The first-order valence-electron chi connectivity index (χ1n) is 5.15. The molecule has 2 rings (SSSR count). The highest BCUT2D eigenvalue weighted by molar-refractivity contribution is 4.89. The highest BCUT2D eigenvalue weighted by Gasteiger charge is 2.38. The minimum absolute atomic E-state index is 0.126. The fraction of sp³-hybridized carbons (Fsp3) is 1.00. The van der Waals surface area contributed by atoms with Gasteiger partial charge in [-0.15, -0.1) is 0 Å². The number of hydrogen-bond acceptors (Lipinski definition) is 2. The van der Waals surface area contributed by atoms with Crippen LogP contribution in [0.15, 0.2) is 0 Å². The number of aliphatic hydroxyl groups is 2. The minimum Gasteiger partial charge on any atom is -0.393 e. The van der Waals surface area contributed by atoms with Crippen molar-refractivity contribution in [1.82, 2.24) is 0 Å². The van der Waals surface area contributed by atoms with Crippen LogP contribution in [0.2, 0.25) is 0 Å². The normalized spacial score (nSPS) is 48.5. The van der Waals surface area contributed by atoms with Gasteiger partial charge in [-0.3, -0.25) is 0 Å². The molecule has 12 heavy (non-hydrogen) atoms. The molecule has 0 aromatic carbocycles. The van der Waals surface area contributed by atoms with Gasteiger partial charge in [0.25, 0.3) is 0 Å². The summed E-state index contributed by atoms with van der Waals surface area (Å²) in [5.41, 5.74) is 0. The Morgan fingerprint density at radius 1 is 0.667 bits per heavy atom. The summed E-state index contributed by atoms with van der Waals surface area (Å²) >= 11 is 0.